The molecule has 6 atom stereocenters. The quantitative estimate of drug-likeness (QED) is 0.143. The van der Waals surface area contributed by atoms with Crippen LogP contribution in [0.5, 0.6) is 17.2 Å². The summed E-state index contributed by atoms with van der Waals surface area (Å²) < 4.78 is 45.0. The summed E-state index contributed by atoms with van der Waals surface area (Å²) in [6.45, 7) is 0. The van der Waals surface area contributed by atoms with Crippen LogP contribution in [-0.4, -0.2) is 51.3 Å². The van der Waals surface area contributed by atoms with Gasteiger partial charge in [0.1, 0.15) is 22.8 Å². The van der Waals surface area contributed by atoms with Crippen molar-refractivity contribution in [1.29, 1.82) is 0 Å². The lowest BCUT2D eigenvalue weighted by molar-refractivity contribution is -0.274. The van der Waals surface area contributed by atoms with Crippen LogP contribution >= 0.6 is 11.6 Å². The Balaban J connectivity index is 1.35. The molecule has 11 nitrogen and oxygen atoms in total. The summed E-state index contributed by atoms with van der Waals surface area (Å²) in [6.07, 6.45) is -3.70. The number of rotatable bonds is 6. The van der Waals surface area contributed by atoms with E-state index in [9.17, 15) is 47.7 Å². The van der Waals surface area contributed by atoms with Gasteiger partial charge in [-0.3, -0.25) is 19.2 Å². The minimum atomic E-state index is -5.12. The smallest absolute Gasteiger partial charge is 0.508 e. The maximum absolute atomic E-state index is 15.3. The number of aromatic carboxylic acids is 1. The van der Waals surface area contributed by atoms with Crippen LogP contribution in [0.4, 0.5) is 24.5 Å². The van der Waals surface area contributed by atoms with E-state index in [1.165, 1.54) is 18.2 Å². The number of benzene rings is 4. The Morgan fingerprint density at radius 1 is 0.800 bits per heavy atom. The van der Waals surface area contributed by atoms with Crippen LogP contribution in [0.25, 0.3) is 0 Å². The summed E-state index contributed by atoms with van der Waals surface area (Å²) in [4.78, 5) is 72.0. The Morgan fingerprint density at radius 2 is 1.53 bits per heavy atom. The van der Waals surface area contributed by atoms with E-state index in [-0.39, 0.29) is 34.8 Å². The number of hydrogen-bond donors (Lipinski definition) is 3. The number of halogens is 4. The third-order valence-corrected chi connectivity index (χ3v) is 11.4. The minimum absolute atomic E-state index is 0.0670. The molecule has 2 saturated heterocycles. The second-order valence-corrected chi connectivity index (χ2v) is 14.3. The first kappa shape index (κ1) is 35.9. The highest BCUT2D eigenvalue weighted by molar-refractivity contribution is 6.32. The summed E-state index contributed by atoms with van der Waals surface area (Å²) in [5.41, 5.74) is -1.82. The van der Waals surface area contributed by atoms with Gasteiger partial charge in [0.25, 0.3) is 0 Å². The summed E-state index contributed by atoms with van der Waals surface area (Å²) in [6, 6.07) is 20.3. The number of aromatic hydroxyl groups is 2. The number of phenolic OH excluding ortho intramolecular Hbond substituents is 1. The lowest BCUT2D eigenvalue weighted by Crippen LogP contribution is -2.53. The molecule has 4 aromatic carbocycles. The zero-order valence-corrected chi connectivity index (χ0v) is 29.0. The van der Waals surface area contributed by atoms with Gasteiger partial charge in [-0.15, -0.1) is 13.2 Å². The second kappa shape index (κ2) is 12.7. The molecule has 0 radical (unpaired) electrons. The van der Waals surface area contributed by atoms with Crippen LogP contribution in [0.1, 0.15) is 40.2 Å². The van der Waals surface area contributed by atoms with Gasteiger partial charge in [-0.05, 0) is 72.9 Å². The number of fused-ring (bicyclic) bond motifs is 4. The Bertz CT molecular complexity index is 2370. The fourth-order valence-electron chi connectivity index (χ4n) is 9.14. The summed E-state index contributed by atoms with van der Waals surface area (Å²) in [5, 5.41) is 31.5. The van der Waals surface area contributed by atoms with Crippen LogP contribution in [0.2, 0.25) is 5.02 Å². The number of alkyl halides is 3. The molecule has 4 aliphatic rings. The zero-order chi connectivity index (χ0) is 39.1. The fourth-order valence-corrected chi connectivity index (χ4v) is 9.33. The minimum Gasteiger partial charge on any atom is -0.508 e. The van der Waals surface area contributed by atoms with Crippen LogP contribution in [0, 0.1) is 23.7 Å². The Morgan fingerprint density at radius 3 is 2.20 bits per heavy atom. The standard InChI is InChI=1S/C40H28ClF3N2O9/c41-20-7-4-8-21(15-20)46-35(50)29-18-27-24(12-13-26-32(27)36(51)45(34(26)49)22-9-11-25(37(52)53)31(48)16-22)33(39(29,38(46)54)19-5-2-1-3-6-19)28-17-23(10-14-30(28)47)55-40(42,43)44/h1-12,14-17,26-27,29,32-33,47-48H,13,18H2,(H,52,53). The monoisotopic (exact) mass is 772 g/mol. The predicted octanol–water partition coefficient (Wildman–Crippen LogP) is 6.72. The van der Waals surface area contributed by atoms with E-state index >= 15 is 4.79 Å². The molecule has 6 unspecified atom stereocenters. The number of amides is 4. The number of imide groups is 2. The van der Waals surface area contributed by atoms with Crippen LogP contribution in [-0.2, 0) is 24.6 Å². The first-order valence-corrected chi connectivity index (χ1v) is 17.4. The molecule has 0 bridgehead atoms. The largest absolute Gasteiger partial charge is 0.573 e. The van der Waals surface area contributed by atoms with E-state index in [0.29, 0.717) is 11.1 Å². The molecule has 0 aromatic heterocycles. The van der Waals surface area contributed by atoms with Crippen molar-refractivity contribution in [3.8, 4) is 17.2 Å². The molecule has 4 amide bonds. The van der Waals surface area contributed by atoms with Crippen molar-refractivity contribution in [2.45, 2.75) is 30.5 Å². The number of hydrogen-bond acceptors (Lipinski definition) is 8. The maximum Gasteiger partial charge on any atom is 0.573 e. The van der Waals surface area contributed by atoms with Gasteiger partial charge in [0.2, 0.25) is 23.6 Å². The first-order valence-electron chi connectivity index (χ1n) is 17.1. The lowest BCUT2D eigenvalue weighted by atomic mass is 9.49. The molecule has 2 heterocycles. The molecular formula is C40H28ClF3N2O9. The second-order valence-electron chi connectivity index (χ2n) is 13.9. The number of carboxylic acids is 1. The van der Waals surface area contributed by atoms with E-state index < -0.39 is 93.8 Å². The number of anilines is 2. The Labute approximate surface area is 314 Å². The van der Waals surface area contributed by atoms with Crippen LogP contribution < -0.4 is 14.5 Å². The molecule has 280 valence electrons. The molecule has 55 heavy (non-hydrogen) atoms. The highest BCUT2D eigenvalue weighted by Gasteiger charge is 2.70. The molecule has 15 heteroatoms. The van der Waals surface area contributed by atoms with Crippen molar-refractivity contribution in [3.63, 3.8) is 0 Å². The Hall–Kier alpha value is -6.15. The van der Waals surface area contributed by atoms with Crippen molar-refractivity contribution in [1.82, 2.24) is 0 Å². The number of nitrogens with zero attached hydrogens (tertiary/aromatic N) is 2. The molecule has 3 N–H and O–H groups in total. The van der Waals surface area contributed by atoms with Gasteiger partial charge < -0.3 is 20.1 Å². The van der Waals surface area contributed by atoms with E-state index in [1.54, 1.807) is 48.5 Å². The molecule has 2 aliphatic carbocycles. The molecule has 8 rings (SSSR count). The molecule has 1 saturated carbocycles. The SMILES string of the molecule is O=C(O)c1ccc(N2C(=O)C3CC=C4C(CC5C(=O)N(c6cccc(Cl)c6)C(=O)C5(c5ccccc5)C4c4cc(OC(F)(F)F)ccc4O)C3C2=O)cc1O. The number of phenols is 2. The van der Waals surface area contributed by atoms with Crippen LogP contribution in [0.15, 0.2) is 103 Å². The average molecular weight is 773 g/mol. The number of carbonyl (C=O) groups excluding carboxylic acids is 4. The van der Waals surface area contributed by atoms with Gasteiger partial charge in [-0.1, -0.05) is 59.6 Å². The van der Waals surface area contributed by atoms with Gasteiger partial charge in [-0.2, -0.15) is 0 Å². The molecule has 4 aromatic rings. The fraction of sp³-hybridized carbons (Fsp3) is 0.225. The van der Waals surface area contributed by atoms with Crippen molar-refractivity contribution in [2.24, 2.45) is 23.7 Å². The van der Waals surface area contributed by atoms with E-state index in [1.807, 2.05) is 0 Å². The van der Waals surface area contributed by atoms with Gasteiger partial charge in [0.05, 0.1) is 34.5 Å². The van der Waals surface area contributed by atoms with Crippen molar-refractivity contribution in [3.05, 3.63) is 124 Å². The van der Waals surface area contributed by atoms with Crippen LogP contribution in [0.3, 0.4) is 0 Å². The van der Waals surface area contributed by atoms with Crippen molar-refractivity contribution < 1.29 is 57.2 Å². The van der Waals surface area contributed by atoms with Gasteiger partial charge in [0, 0.05) is 22.6 Å². The topological polar surface area (TPSA) is 162 Å². The summed E-state index contributed by atoms with van der Waals surface area (Å²) >= 11 is 6.31. The number of ether oxygens (including phenoxy) is 1. The lowest BCUT2D eigenvalue weighted by Gasteiger charge is -2.50. The molecule has 3 fully saturated rings. The Kier molecular flexibility index (Phi) is 8.30. The van der Waals surface area contributed by atoms with E-state index in [0.717, 1.165) is 40.1 Å². The first-order chi connectivity index (χ1) is 26.1. The summed E-state index contributed by atoms with van der Waals surface area (Å²) in [5.74, 6) is -11.9. The number of carboxylic acid groups (broad SMARTS) is 1. The van der Waals surface area contributed by atoms with Crippen molar-refractivity contribution >= 4 is 52.6 Å². The van der Waals surface area contributed by atoms with E-state index in [2.05, 4.69) is 4.74 Å². The maximum atomic E-state index is 15.3. The molecular weight excluding hydrogens is 745 g/mol. The highest BCUT2D eigenvalue weighted by atomic mass is 35.5. The van der Waals surface area contributed by atoms with Gasteiger partial charge in [-0.25, -0.2) is 14.6 Å². The van der Waals surface area contributed by atoms with E-state index in [4.69, 9.17) is 11.6 Å². The average Bonchev–Trinajstić information content (AvgIpc) is 3.52. The highest BCUT2D eigenvalue weighted by Crippen LogP contribution is 2.65. The molecule has 0 spiro atoms. The van der Waals surface area contributed by atoms with Crippen molar-refractivity contribution in [2.75, 3.05) is 9.80 Å². The third kappa shape index (κ3) is 5.45. The van der Waals surface area contributed by atoms with Gasteiger partial charge in [0.15, 0.2) is 0 Å². The number of carbonyl (C=O) groups is 5. The zero-order valence-electron chi connectivity index (χ0n) is 28.2. The number of allylic oxidation sites excluding steroid dienone is 2. The predicted molar refractivity (Wildman–Crippen MR) is 188 cm³/mol. The third-order valence-electron chi connectivity index (χ3n) is 11.2. The normalized spacial score (nSPS) is 26.0. The summed E-state index contributed by atoms with van der Waals surface area (Å²) in [7, 11) is 0. The molecule has 2 aliphatic heterocycles. The van der Waals surface area contributed by atoms with Gasteiger partial charge >= 0.3 is 12.3 Å².